The molecule has 0 aromatic heterocycles. The Morgan fingerprint density at radius 2 is 2.11 bits per heavy atom. The van der Waals surface area contributed by atoms with Gasteiger partial charge in [0.2, 0.25) is 0 Å². The number of aliphatic hydroxyl groups is 1. The molecule has 4 nitrogen and oxygen atoms in total. The fourth-order valence-electron chi connectivity index (χ4n) is 1.75. The van der Waals surface area contributed by atoms with E-state index in [4.69, 9.17) is 0 Å². The molecule has 3 N–H and O–H groups in total. The maximum atomic E-state index is 11.9. The summed E-state index contributed by atoms with van der Waals surface area (Å²) in [6.45, 7) is 0. The summed E-state index contributed by atoms with van der Waals surface area (Å²) in [7, 11) is 0. The molecule has 0 atom stereocenters. The number of rotatable bonds is 3. The number of hydrogen-bond acceptors (Lipinski definition) is 4. The number of thioether (sulfide) groups is 1. The van der Waals surface area contributed by atoms with Crippen molar-refractivity contribution in [3.8, 4) is 0 Å². The third kappa shape index (κ3) is 3.40. The number of anilines is 1. The quantitative estimate of drug-likeness (QED) is 0.743. The van der Waals surface area contributed by atoms with Crippen molar-refractivity contribution in [3.05, 3.63) is 28.7 Å². The van der Waals surface area contributed by atoms with Crippen LogP contribution in [0.2, 0.25) is 0 Å². The van der Waals surface area contributed by atoms with Crippen LogP contribution in [0.15, 0.2) is 28.7 Å². The molecule has 1 aliphatic rings. The smallest absolute Gasteiger partial charge is 0.270 e. The third-order valence-corrected chi connectivity index (χ3v) is 4.37. The zero-order chi connectivity index (χ0) is 13.0. The van der Waals surface area contributed by atoms with Gasteiger partial charge in [0.15, 0.2) is 0 Å². The summed E-state index contributed by atoms with van der Waals surface area (Å²) in [6, 6.07) is 7.45. The van der Waals surface area contributed by atoms with Crippen molar-refractivity contribution in [2.45, 2.75) is 18.4 Å². The number of carbonyl (C=O) groups excluding carboxylic acids is 1. The molecule has 0 aliphatic carbocycles. The Bertz CT molecular complexity index is 436. The molecule has 18 heavy (non-hydrogen) atoms. The number of carbonyl (C=O) groups is 1. The van der Waals surface area contributed by atoms with E-state index in [1.807, 2.05) is 24.3 Å². The number of halogens is 1. The van der Waals surface area contributed by atoms with E-state index in [0.717, 1.165) is 21.7 Å². The zero-order valence-corrected chi connectivity index (χ0v) is 12.2. The Morgan fingerprint density at radius 3 is 2.78 bits per heavy atom. The van der Waals surface area contributed by atoms with Gasteiger partial charge in [-0.1, -0.05) is 22.0 Å². The van der Waals surface area contributed by atoms with E-state index >= 15 is 0 Å². The van der Waals surface area contributed by atoms with E-state index < -0.39 is 5.60 Å². The Morgan fingerprint density at radius 1 is 1.39 bits per heavy atom. The summed E-state index contributed by atoms with van der Waals surface area (Å²) >= 11 is 5.12. The standard InChI is InChI=1S/C12H15BrN2O2S/c13-9-2-1-3-10(8-9)14-15-11(16)12(17)4-6-18-7-5-12/h1-3,8,14,17H,4-7H2,(H,15,16). The molecule has 0 bridgehead atoms. The molecule has 6 heteroatoms. The van der Waals surface area contributed by atoms with Crippen molar-refractivity contribution in [3.63, 3.8) is 0 Å². The molecular weight excluding hydrogens is 316 g/mol. The first-order valence-corrected chi connectivity index (χ1v) is 7.67. The minimum absolute atomic E-state index is 0.359. The number of nitrogens with one attached hydrogen (secondary N) is 2. The Kier molecular flexibility index (Phi) is 4.53. The van der Waals surface area contributed by atoms with E-state index in [0.29, 0.717) is 12.8 Å². The highest BCUT2D eigenvalue weighted by molar-refractivity contribution is 9.10. The number of amides is 1. The highest BCUT2D eigenvalue weighted by Gasteiger charge is 2.37. The molecule has 1 heterocycles. The lowest BCUT2D eigenvalue weighted by Gasteiger charge is -2.30. The molecule has 1 aromatic rings. The van der Waals surface area contributed by atoms with Gasteiger partial charge in [-0.15, -0.1) is 0 Å². The lowest BCUT2D eigenvalue weighted by Crippen LogP contribution is -2.50. The maximum Gasteiger partial charge on any atom is 0.270 e. The number of hydrazine groups is 1. The van der Waals surface area contributed by atoms with Gasteiger partial charge in [-0.3, -0.25) is 15.6 Å². The monoisotopic (exact) mass is 330 g/mol. The van der Waals surface area contributed by atoms with Gasteiger partial charge in [-0.2, -0.15) is 11.8 Å². The lowest BCUT2D eigenvalue weighted by molar-refractivity contribution is -0.139. The SMILES string of the molecule is O=C(NNc1cccc(Br)c1)C1(O)CCSCC1. The molecule has 0 spiro atoms. The molecule has 1 amide bonds. The second kappa shape index (κ2) is 5.95. The van der Waals surface area contributed by atoms with E-state index in [-0.39, 0.29) is 5.91 Å². The fourth-order valence-corrected chi connectivity index (χ4v) is 3.32. The van der Waals surface area contributed by atoms with Gasteiger partial charge in [-0.05, 0) is 42.5 Å². The van der Waals surface area contributed by atoms with Crippen LogP contribution in [0.5, 0.6) is 0 Å². The Balaban J connectivity index is 1.91. The van der Waals surface area contributed by atoms with E-state index in [1.54, 1.807) is 11.8 Å². The molecule has 0 unspecified atom stereocenters. The highest BCUT2D eigenvalue weighted by atomic mass is 79.9. The molecule has 1 saturated heterocycles. The number of hydrogen-bond donors (Lipinski definition) is 3. The Hall–Kier alpha value is -0.720. The van der Waals surface area contributed by atoms with Crippen LogP contribution in [0.25, 0.3) is 0 Å². The average molecular weight is 331 g/mol. The molecule has 0 saturated carbocycles. The second-order valence-corrected chi connectivity index (χ2v) is 6.37. The van der Waals surface area contributed by atoms with Crippen molar-refractivity contribution in [2.75, 3.05) is 16.9 Å². The zero-order valence-electron chi connectivity index (χ0n) is 9.78. The largest absolute Gasteiger partial charge is 0.380 e. The van der Waals surface area contributed by atoms with Crippen LogP contribution in [0.1, 0.15) is 12.8 Å². The van der Waals surface area contributed by atoms with Gasteiger partial charge >= 0.3 is 0 Å². The van der Waals surface area contributed by atoms with Gasteiger partial charge in [0.05, 0.1) is 5.69 Å². The summed E-state index contributed by atoms with van der Waals surface area (Å²) in [5.41, 5.74) is 4.92. The predicted octanol–water partition coefficient (Wildman–Crippen LogP) is 2.15. The predicted molar refractivity (Wildman–Crippen MR) is 77.4 cm³/mol. The molecule has 1 fully saturated rings. The molecule has 0 radical (unpaired) electrons. The normalized spacial score (nSPS) is 18.1. The summed E-state index contributed by atoms with van der Waals surface area (Å²) in [5.74, 6) is 1.28. The van der Waals surface area contributed by atoms with Gasteiger partial charge in [0.1, 0.15) is 5.60 Å². The minimum Gasteiger partial charge on any atom is -0.380 e. The van der Waals surface area contributed by atoms with Crippen LogP contribution < -0.4 is 10.9 Å². The maximum absolute atomic E-state index is 11.9. The average Bonchev–Trinajstić information content (AvgIpc) is 2.37. The van der Waals surface area contributed by atoms with Gasteiger partial charge < -0.3 is 5.11 Å². The number of benzene rings is 1. The van der Waals surface area contributed by atoms with E-state index in [2.05, 4.69) is 26.8 Å². The van der Waals surface area contributed by atoms with Gasteiger partial charge in [0.25, 0.3) is 5.91 Å². The first-order chi connectivity index (χ1) is 8.60. The molecule has 98 valence electrons. The molecule has 1 aromatic carbocycles. The van der Waals surface area contributed by atoms with E-state index in [1.165, 1.54) is 0 Å². The summed E-state index contributed by atoms with van der Waals surface area (Å²) in [6.07, 6.45) is 1.01. The van der Waals surface area contributed by atoms with Crippen LogP contribution >= 0.6 is 27.7 Å². The first-order valence-electron chi connectivity index (χ1n) is 5.72. The van der Waals surface area contributed by atoms with Crippen molar-refractivity contribution in [2.24, 2.45) is 0 Å². The first kappa shape index (κ1) is 13.7. The van der Waals surface area contributed by atoms with Gasteiger partial charge in [-0.25, -0.2) is 0 Å². The van der Waals surface area contributed by atoms with Crippen LogP contribution in [0.4, 0.5) is 5.69 Å². The summed E-state index contributed by atoms with van der Waals surface area (Å²) in [4.78, 5) is 11.9. The van der Waals surface area contributed by atoms with Crippen LogP contribution in [0, 0.1) is 0 Å². The van der Waals surface area contributed by atoms with Crippen molar-refractivity contribution < 1.29 is 9.90 Å². The fraction of sp³-hybridized carbons (Fsp3) is 0.417. The topological polar surface area (TPSA) is 61.4 Å². The summed E-state index contributed by atoms with van der Waals surface area (Å²) in [5, 5.41) is 10.2. The van der Waals surface area contributed by atoms with Crippen LogP contribution in [-0.2, 0) is 4.79 Å². The lowest BCUT2D eigenvalue weighted by atomic mass is 9.96. The van der Waals surface area contributed by atoms with Crippen molar-refractivity contribution in [1.29, 1.82) is 0 Å². The summed E-state index contributed by atoms with van der Waals surface area (Å²) < 4.78 is 0.925. The van der Waals surface area contributed by atoms with Crippen LogP contribution in [0.3, 0.4) is 0 Å². The van der Waals surface area contributed by atoms with E-state index in [9.17, 15) is 9.90 Å². The molecular formula is C12H15BrN2O2S. The third-order valence-electron chi connectivity index (χ3n) is 2.89. The molecule has 2 rings (SSSR count). The van der Waals surface area contributed by atoms with Crippen molar-refractivity contribution in [1.82, 2.24) is 5.43 Å². The van der Waals surface area contributed by atoms with Gasteiger partial charge in [0, 0.05) is 4.47 Å². The van der Waals surface area contributed by atoms with Crippen molar-refractivity contribution >= 4 is 39.3 Å². The Labute approximate surface area is 119 Å². The van der Waals surface area contributed by atoms with Crippen LogP contribution in [-0.4, -0.2) is 28.1 Å². The highest BCUT2D eigenvalue weighted by Crippen LogP contribution is 2.27. The minimum atomic E-state index is -1.23. The molecule has 1 aliphatic heterocycles. The second-order valence-electron chi connectivity index (χ2n) is 4.23.